The fourth-order valence-corrected chi connectivity index (χ4v) is 7.72. The van der Waals surface area contributed by atoms with Crippen LogP contribution >= 0.6 is 0 Å². The number of carboxylic acid groups (broad SMARTS) is 1. The number of unbranched alkanes of at least 4 members (excludes halogenated alkanes) is 23. The molecule has 71 heavy (non-hydrogen) atoms. The maximum absolute atomic E-state index is 12.9. The summed E-state index contributed by atoms with van der Waals surface area (Å²) < 4.78 is 22.9. The van der Waals surface area contributed by atoms with Crippen LogP contribution in [0.15, 0.2) is 85.1 Å². The molecule has 0 saturated carbocycles. The second-order valence-electron chi connectivity index (χ2n) is 20.2. The van der Waals surface area contributed by atoms with Crippen LogP contribution in [0.5, 0.6) is 0 Å². The van der Waals surface area contributed by atoms with Crippen molar-refractivity contribution in [2.45, 2.75) is 245 Å². The van der Waals surface area contributed by atoms with Crippen molar-refractivity contribution in [2.24, 2.45) is 0 Å². The first kappa shape index (κ1) is 67.5. The zero-order chi connectivity index (χ0) is 52.0. The quantitative estimate of drug-likeness (QED) is 0.0211. The third-order valence-electron chi connectivity index (χ3n) is 12.1. The predicted molar refractivity (Wildman–Crippen MR) is 299 cm³/mol. The van der Waals surface area contributed by atoms with Gasteiger partial charge in [0.2, 0.25) is 0 Å². The van der Waals surface area contributed by atoms with Crippen LogP contribution in [0.4, 0.5) is 0 Å². The summed E-state index contributed by atoms with van der Waals surface area (Å²) >= 11 is 0. The van der Waals surface area contributed by atoms with Crippen molar-refractivity contribution in [2.75, 3.05) is 47.5 Å². The van der Waals surface area contributed by atoms with Gasteiger partial charge in [-0.25, -0.2) is 4.79 Å². The molecule has 0 aliphatic rings. The molecule has 0 saturated heterocycles. The highest BCUT2D eigenvalue weighted by molar-refractivity contribution is 5.71. The van der Waals surface area contributed by atoms with Crippen molar-refractivity contribution in [3.8, 4) is 0 Å². The Labute approximate surface area is 436 Å². The SMILES string of the molecule is CC/C=C\C/C=C\C/C=C\C/C=C\C/C=C\CCCCCCCCCCCCCC(=O)OC(COC(=O)CCCCCCCCCCC/C=C\C/C=C\CCCCC)COC(OCC[N+](C)(C)C)C(=O)O. The summed E-state index contributed by atoms with van der Waals surface area (Å²) in [5.41, 5.74) is 0. The smallest absolute Gasteiger partial charge is 0.361 e. The molecule has 0 aliphatic heterocycles. The predicted octanol–water partition coefficient (Wildman–Crippen LogP) is 16.8. The minimum Gasteiger partial charge on any atom is -0.477 e. The second kappa shape index (κ2) is 52.8. The summed E-state index contributed by atoms with van der Waals surface area (Å²) in [4.78, 5) is 37.4. The van der Waals surface area contributed by atoms with Crippen LogP contribution in [0.1, 0.15) is 232 Å². The van der Waals surface area contributed by atoms with Crippen LogP contribution < -0.4 is 0 Å². The summed E-state index contributed by atoms with van der Waals surface area (Å²) in [6, 6.07) is 0. The average Bonchev–Trinajstić information content (AvgIpc) is 3.34. The highest BCUT2D eigenvalue weighted by Gasteiger charge is 2.25. The Morgan fingerprint density at radius 2 is 0.803 bits per heavy atom. The van der Waals surface area contributed by atoms with Gasteiger partial charge in [0.05, 0.1) is 34.4 Å². The molecule has 0 rings (SSSR count). The molecule has 408 valence electrons. The molecule has 2 unspecified atom stereocenters. The van der Waals surface area contributed by atoms with Crippen LogP contribution in [-0.2, 0) is 33.3 Å². The summed E-state index contributed by atoms with van der Waals surface area (Å²) in [5.74, 6) is -2.02. The Morgan fingerprint density at radius 3 is 1.20 bits per heavy atom. The molecule has 2 atom stereocenters. The highest BCUT2D eigenvalue weighted by atomic mass is 16.7. The Bertz CT molecular complexity index is 1440. The van der Waals surface area contributed by atoms with E-state index in [-0.39, 0.29) is 32.2 Å². The van der Waals surface area contributed by atoms with Gasteiger partial charge in [0.15, 0.2) is 6.10 Å². The number of esters is 2. The summed E-state index contributed by atoms with van der Waals surface area (Å²) in [6.07, 6.45) is 66.5. The van der Waals surface area contributed by atoms with E-state index in [1.54, 1.807) is 0 Å². The number of quaternary nitrogens is 1. The van der Waals surface area contributed by atoms with Crippen molar-refractivity contribution in [3.05, 3.63) is 85.1 Å². The highest BCUT2D eigenvalue weighted by Crippen LogP contribution is 2.15. The number of likely N-dealkylation sites (N-methyl/N-ethyl adjacent to an activating group) is 1. The number of hydrogen-bond donors (Lipinski definition) is 1. The number of carbonyl (C=O) groups excluding carboxylic acids is 2. The van der Waals surface area contributed by atoms with Crippen molar-refractivity contribution in [3.63, 3.8) is 0 Å². The number of nitrogens with zero attached hydrogens (tertiary/aromatic N) is 1. The van der Waals surface area contributed by atoms with Gasteiger partial charge >= 0.3 is 17.9 Å². The van der Waals surface area contributed by atoms with Crippen LogP contribution in [0.3, 0.4) is 0 Å². The third-order valence-corrected chi connectivity index (χ3v) is 12.1. The van der Waals surface area contributed by atoms with Gasteiger partial charge in [-0.1, -0.05) is 214 Å². The van der Waals surface area contributed by atoms with E-state index in [1.165, 1.54) is 116 Å². The standard InChI is InChI=1S/C62H107NO8/c1-6-8-10-12-14-16-18-20-22-24-26-27-28-29-30-31-32-33-35-37-39-41-43-45-47-49-51-53-60(65)71-58(57-70-62(61(66)67)68-55-54-63(3,4)5)56-69-59(64)52-50-48-46-44-42-40-38-36-34-25-23-21-19-17-15-13-11-9-7-2/h8,10,14-17,20-23,26-27,29-30,58,62H,6-7,9,11-13,18-19,24-25,28,31-57H2,1-5H3/p+1/b10-8-,16-14-,17-15-,22-20-,23-21-,27-26-,30-29-. The molecule has 0 aromatic heterocycles. The molecule has 0 aliphatic carbocycles. The van der Waals surface area contributed by atoms with Crippen LogP contribution in [0, 0.1) is 0 Å². The van der Waals surface area contributed by atoms with E-state index in [9.17, 15) is 19.5 Å². The van der Waals surface area contributed by atoms with E-state index in [0.717, 1.165) is 83.5 Å². The molecule has 0 heterocycles. The van der Waals surface area contributed by atoms with Gasteiger partial charge in [0.25, 0.3) is 6.29 Å². The molecule has 0 amide bonds. The lowest BCUT2D eigenvalue weighted by Gasteiger charge is -2.25. The number of ether oxygens (including phenoxy) is 4. The molecular formula is C62H108NO8+. The average molecular weight is 996 g/mol. The first-order valence-corrected chi connectivity index (χ1v) is 28.8. The largest absolute Gasteiger partial charge is 0.477 e. The van der Waals surface area contributed by atoms with Gasteiger partial charge in [-0.3, -0.25) is 9.59 Å². The fourth-order valence-electron chi connectivity index (χ4n) is 7.72. The third kappa shape index (κ3) is 54.1. The fraction of sp³-hybridized carbons (Fsp3) is 0.726. The van der Waals surface area contributed by atoms with E-state index in [0.29, 0.717) is 23.9 Å². The lowest BCUT2D eigenvalue weighted by molar-refractivity contribution is -0.870. The number of allylic oxidation sites excluding steroid dienone is 14. The lowest BCUT2D eigenvalue weighted by Crippen LogP contribution is -2.40. The Balaban J connectivity index is 4.26. The first-order chi connectivity index (χ1) is 34.6. The summed E-state index contributed by atoms with van der Waals surface area (Å²) in [6.45, 7) is 4.74. The normalized spacial score (nSPS) is 13.4. The summed E-state index contributed by atoms with van der Waals surface area (Å²) in [7, 11) is 5.96. The van der Waals surface area contributed by atoms with Gasteiger partial charge in [-0.05, 0) is 89.9 Å². The van der Waals surface area contributed by atoms with Gasteiger partial charge in [-0.15, -0.1) is 0 Å². The van der Waals surface area contributed by atoms with Crippen molar-refractivity contribution in [1.29, 1.82) is 0 Å². The Kier molecular flexibility index (Phi) is 50.2. The van der Waals surface area contributed by atoms with Crippen LogP contribution in [0.25, 0.3) is 0 Å². The molecular weight excluding hydrogens is 887 g/mol. The molecule has 0 aromatic rings. The van der Waals surface area contributed by atoms with Gasteiger partial charge < -0.3 is 28.5 Å². The van der Waals surface area contributed by atoms with Gasteiger partial charge in [-0.2, -0.15) is 0 Å². The maximum Gasteiger partial charge on any atom is 0.361 e. The topological polar surface area (TPSA) is 108 Å². The van der Waals surface area contributed by atoms with Gasteiger partial charge in [0.1, 0.15) is 13.2 Å². The second-order valence-corrected chi connectivity index (χ2v) is 20.2. The minimum atomic E-state index is -1.52. The number of aliphatic carboxylic acids is 1. The van der Waals surface area contributed by atoms with Crippen molar-refractivity contribution in [1.82, 2.24) is 0 Å². The zero-order valence-electron chi connectivity index (χ0n) is 46.4. The number of carboxylic acids is 1. The number of hydrogen-bond acceptors (Lipinski definition) is 7. The van der Waals surface area contributed by atoms with E-state index in [1.807, 2.05) is 21.1 Å². The Morgan fingerprint density at radius 1 is 0.437 bits per heavy atom. The molecule has 0 radical (unpaired) electrons. The minimum absolute atomic E-state index is 0.183. The molecule has 9 heteroatoms. The molecule has 0 spiro atoms. The maximum atomic E-state index is 12.9. The molecule has 0 fully saturated rings. The monoisotopic (exact) mass is 995 g/mol. The molecule has 0 aromatic carbocycles. The van der Waals surface area contributed by atoms with E-state index >= 15 is 0 Å². The molecule has 9 nitrogen and oxygen atoms in total. The summed E-state index contributed by atoms with van der Waals surface area (Å²) in [5, 5.41) is 9.70. The van der Waals surface area contributed by atoms with E-state index < -0.39 is 24.3 Å². The van der Waals surface area contributed by atoms with Gasteiger partial charge in [0, 0.05) is 12.8 Å². The Hall–Kier alpha value is -3.53. The first-order valence-electron chi connectivity index (χ1n) is 28.8. The number of rotatable bonds is 52. The molecule has 1 N–H and O–H groups in total. The van der Waals surface area contributed by atoms with Crippen LogP contribution in [0.2, 0.25) is 0 Å². The molecule has 0 bridgehead atoms. The zero-order valence-corrected chi connectivity index (χ0v) is 46.4. The van der Waals surface area contributed by atoms with E-state index in [2.05, 4.69) is 98.9 Å². The van der Waals surface area contributed by atoms with Crippen LogP contribution in [-0.4, -0.2) is 87.4 Å². The lowest BCUT2D eigenvalue weighted by atomic mass is 10.0. The number of carbonyl (C=O) groups is 3. The van der Waals surface area contributed by atoms with E-state index in [4.69, 9.17) is 18.9 Å². The van der Waals surface area contributed by atoms with Crippen molar-refractivity contribution < 1.29 is 42.9 Å². The van der Waals surface area contributed by atoms with Crippen molar-refractivity contribution >= 4 is 17.9 Å².